The Morgan fingerprint density at radius 3 is 1.14 bits per heavy atom. The Balaban J connectivity index is 1.99. The predicted octanol–water partition coefficient (Wildman–Crippen LogP) is 8.86. The van der Waals surface area contributed by atoms with E-state index in [0.717, 1.165) is 109 Å². The van der Waals surface area contributed by atoms with E-state index >= 15 is 0 Å². The Morgan fingerprint density at radius 2 is 0.849 bits per heavy atom. The zero-order valence-electron chi connectivity index (χ0n) is 47.7. The number of unbranched alkanes of at least 4 members (excludes halogenated alkanes) is 2. The van der Waals surface area contributed by atoms with Crippen LogP contribution in [-0.4, -0.2) is 168 Å². The number of aliphatic hydroxyl groups excluding tert-OH is 2. The van der Waals surface area contributed by atoms with Gasteiger partial charge in [-0.25, -0.2) is 9.59 Å². The van der Waals surface area contributed by atoms with E-state index in [1.807, 2.05) is 13.8 Å². The van der Waals surface area contributed by atoms with Crippen molar-refractivity contribution < 1.29 is 65.4 Å². The van der Waals surface area contributed by atoms with Crippen LogP contribution in [0.3, 0.4) is 0 Å². The van der Waals surface area contributed by atoms with Gasteiger partial charge in [0.05, 0.1) is 23.9 Å². The van der Waals surface area contributed by atoms with Crippen LogP contribution in [-0.2, 0) is 45.6 Å². The molecular weight excluding hydrogens is 973 g/mol. The molecule has 18 nitrogen and oxygen atoms in total. The van der Waals surface area contributed by atoms with Gasteiger partial charge in [-0.05, 0) is 122 Å². The molecule has 2 fully saturated rings. The molecule has 4 unspecified atom stereocenters. The van der Waals surface area contributed by atoms with Crippen LogP contribution in [0, 0.1) is 22.7 Å². The number of aliphatic hydroxyl groups is 2. The summed E-state index contributed by atoms with van der Waals surface area (Å²) in [5.41, 5.74) is -1.22. The van der Waals surface area contributed by atoms with Crippen LogP contribution in [0.4, 0.5) is 9.59 Å². The summed E-state index contributed by atoms with van der Waals surface area (Å²) >= 11 is 0. The van der Waals surface area contributed by atoms with Crippen LogP contribution in [0.15, 0.2) is 0 Å². The first-order valence-corrected chi connectivity index (χ1v) is 31.8. The first-order chi connectivity index (χ1) is 34.8. The molecule has 0 saturated heterocycles. The summed E-state index contributed by atoms with van der Waals surface area (Å²) < 4.78 is 45.1. The number of ether oxygens (including phenoxy) is 2. The fourth-order valence-electron chi connectivity index (χ4n) is 10.9. The van der Waals surface area contributed by atoms with Crippen molar-refractivity contribution in [3.8, 4) is 0 Å². The minimum Gasteiger partial charge on any atom is -0.462 e. The van der Waals surface area contributed by atoms with Crippen molar-refractivity contribution in [2.24, 2.45) is 22.7 Å². The number of urea groups is 2. The number of amides is 4. The minimum atomic E-state index is -2.89. The van der Waals surface area contributed by atoms with E-state index in [4.69, 9.17) is 36.0 Å². The van der Waals surface area contributed by atoms with Gasteiger partial charge in [0.15, 0.2) is 0 Å². The van der Waals surface area contributed by atoms with E-state index in [1.54, 1.807) is 52.5 Å². The van der Waals surface area contributed by atoms with Gasteiger partial charge in [-0.2, -0.15) is 0 Å². The SMILES string of the molecule is CCCCC(C)(CCC)C(=O)OCC(O)CN(CCC[Si](OC)(OC)OC)C(=O)NC1CCC(CC2CCC(NC(=O)N(CCC[Si](OC)(OC)OC)CC(O)COC(=O)C(C)(CCC)CCCC)CC2)CC1. The van der Waals surface area contributed by atoms with Gasteiger partial charge in [0.1, 0.15) is 25.4 Å². The van der Waals surface area contributed by atoms with Gasteiger partial charge in [-0.3, -0.25) is 9.59 Å². The van der Waals surface area contributed by atoms with Crippen LogP contribution < -0.4 is 10.6 Å². The molecule has 2 saturated carbocycles. The predicted molar refractivity (Wildman–Crippen MR) is 288 cm³/mol. The lowest BCUT2D eigenvalue weighted by Gasteiger charge is -2.36. The van der Waals surface area contributed by atoms with Gasteiger partial charge in [0.2, 0.25) is 0 Å². The standard InChI is InChI=1S/C53H104N4O14Si2/c1-13-17-31-52(5,29-15-3)48(60)70-40-46(58)38-56(33-19-35-72(64-7,65-8)66-9)50(62)54-44-25-21-42(22-26-44)37-43-23-27-45(28-24-43)55-51(63)57(34-20-36-73(67-10,68-11)69-12)39-47(59)41-71-49(61)53(6,30-16-4)32-18-14-2/h42-47,58-59H,13-41H2,1-12H3,(H,54,62)(H,55,63). The Hall–Kier alpha value is -2.41. The van der Waals surface area contributed by atoms with Crippen molar-refractivity contribution in [1.29, 1.82) is 0 Å². The van der Waals surface area contributed by atoms with Crippen molar-refractivity contribution in [1.82, 2.24) is 20.4 Å². The van der Waals surface area contributed by atoms with Gasteiger partial charge >= 0.3 is 41.6 Å². The topological polar surface area (TPSA) is 213 Å². The minimum absolute atomic E-state index is 0.00343. The first-order valence-electron chi connectivity index (χ1n) is 27.9. The molecule has 2 aliphatic carbocycles. The molecule has 4 atom stereocenters. The lowest BCUT2D eigenvalue weighted by Crippen LogP contribution is -2.50. The van der Waals surface area contributed by atoms with Crippen molar-refractivity contribution in [3.05, 3.63) is 0 Å². The molecule has 0 aromatic rings. The Kier molecular flexibility index (Phi) is 32.1. The molecule has 0 aromatic heterocycles. The summed E-state index contributed by atoms with van der Waals surface area (Å²) in [6.07, 6.45) is 15.9. The van der Waals surface area contributed by atoms with Gasteiger partial charge in [-0.15, -0.1) is 0 Å². The van der Waals surface area contributed by atoms with E-state index < -0.39 is 40.6 Å². The Bertz CT molecular complexity index is 1420. The largest absolute Gasteiger partial charge is 0.500 e. The summed E-state index contributed by atoms with van der Waals surface area (Å²) in [4.78, 5) is 57.5. The molecule has 4 amide bonds. The summed E-state index contributed by atoms with van der Waals surface area (Å²) in [5.74, 6) is 0.476. The van der Waals surface area contributed by atoms with Gasteiger partial charge < -0.3 is 66.7 Å². The smallest absolute Gasteiger partial charge is 0.462 e. The number of hydrogen-bond acceptors (Lipinski definition) is 14. The Labute approximate surface area is 443 Å². The zero-order valence-corrected chi connectivity index (χ0v) is 49.7. The second kappa shape index (κ2) is 35.1. The monoisotopic (exact) mass is 1080 g/mol. The highest BCUT2D eigenvalue weighted by Gasteiger charge is 2.40. The lowest BCUT2D eigenvalue weighted by atomic mass is 9.75. The van der Waals surface area contributed by atoms with Crippen LogP contribution in [0.5, 0.6) is 0 Å². The van der Waals surface area contributed by atoms with E-state index in [1.165, 1.54) is 0 Å². The van der Waals surface area contributed by atoms with Gasteiger partial charge in [0.25, 0.3) is 0 Å². The number of esters is 2. The number of carbonyl (C=O) groups is 4. The summed E-state index contributed by atoms with van der Waals surface area (Å²) in [5, 5.41) is 28.8. The zero-order chi connectivity index (χ0) is 54.5. The quantitative estimate of drug-likeness (QED) is 0.0336. The van der Waals surface area contributed by atoms with Crippen molar-refractivity contribution in [2.45, 2.75) is 213 Å². The normalized spacial score (nSPS) is 21.0. The second-order valence-corrected chi connectivity index (χ2v) is 27.8. The van der Waals surface area contributed by atoms with Crippen molar-refractivity contribution in [3.63, 3.8) is 0 Å². The number of rotatable bonds is 38. The maximum absolute atomic E-state index is 13.9. The number of nitrogens with zero attached hydrogens (tertiary/aromatic N) is 2. The summed E-state index contributed by atoms with van der Waals surface area (Å²) in [6.45, 7) is 12.5. The van der Waals surface area contributed by atoms with Gasteiger partial charge in [-0.1, -0.05) is 66.2 Å². The average molecular weight is 1080 g/mol. The van der Waals surface area contributed by atoms with Gasteiger partial charge in [0, 0.05) is 79.9 Å². The van der Waals surface area contributed by atoms with Crippen LogP contribution in [0.2, 0.25) is 12.1 Å². The molecular formula is C53H104N4O14Si2. The molecule has 428 valence electrons. The highest BCUT2D eigenvalue weighted by Crippen LogP contribution is 2.36. The maximum atomic E-state index is 13.9. The van der Waals surface area contributed by atoms with E-state index in [2.05, 4.69) is 38.3 Å². The number of hydrogen-bond donors (Lipinski definition) is 4. The highest BCUT2D eigenvalue weighted by atomic mass is 28.4. The van der Waals surface area contributed by atoms with Crippen molar-refractivity contribution >= 4 is 41.6 Å². The molecule has 20 heteroatoms. The fourth-order valence-corrected chi connectivity index (χ4v) is 14.3. The molecule has 2 rings (SSSR count). The molecule has 0 aliphatic heterocycles. The molecule has 0 heterocycles. The molecule has 0 radical (unpaired) electrons. The third kappa shape index (κ3) is 23.0. The second-order valence-electron chi connectivity index (χ2n) is 21.6. The molecule has 0 aromatic carbocycles. The molecule has 2 aliphatic rings. The summed E-state index contributed by atoms with van der Waals surface area (Å²) in [7, 11) is 3.59. The maximum Gasteiger partial charge on any atom is 0.500 e. The van der Waals surface area contributed by atoms with Crippen LogP contribution in [0.25, 0.3) is 0 Å². The van der Waals surface area contributed by atoms with E-state index in [-0.39, 0.29) is 62.4 Å². The lowest BCUT2D eigenvalue weighted by molar-refractivity contribution is -0.160. The van der Waals surface area contributed by atoms with E-state index in [9.17, 15) is 29.4 Å². The molecule has 4 N–H and O–H groups in total. The van der Waals surface area contributed by atoms with Crippen LogP contribution in [0.1, 0.15) is 176 Å². The van der Waals surface area contributed by atoms with E-state index in [0.29, 0.717) is 62.7 Å². The summed E-state index contributed by atoms with van der Waals surface area (Å²) in [6, 6.07) is 0.463. The Morgan fingerprint density at radius 1 is 0.521 bits per heavy atom. The molecule has 0 spiro atoms. The number of carbonyl (C=O) groups excluding carboxylic acids is 4. The first kappa shape index (κ1) is 66.7. The number of nitrogens with one attached hydrogen (secondary N) is 2. The average Bonchev–Trinajstić information content (AvgIpc) is 3.39. The third-order valence-corrected chi connectivity index (χ3v) is 21.4. The fraction of sp³-hybridized carbons (Fsp3) is 0.925. The van der Waals surface area contributed by atoms with Crippen molar-refractivity contribution in [2.75, 3.05) is 82.1 Å². The van der Waals surface area contributed by atoms with Crippen LogP contribution >= 0.6 is 0 Å². The third-order valence-electron chi connectivity index (χ3n) is 15.7. The highest BCUT2D eigenvalue weighted by molar-refractivity contribution is 6.60. The molecule has 73 heavy (non-hydrogen) atoms. The molecule has 0 bridgehead atoms.